The maximum absolute atomic E-state index is 12.3. The zero-order chi connectivity index (χ0) is 22.2. The molecule has 0 fully saturated rings. The van der Waals surface area contributed by atoms with Crippen molar-refractivity contribution < 1.29 is 14.3 Å². The van der Waals surface area contributed by atoms with E-state index in [1.807, 2.05) is 6.92 Å². The van der Waals surface area contributed by atoms with Gasteiger partial charge in [0.05, 0.1) is 18.9 Å². The molecule has 0 amide bonds. The van der Waals surface area contributed by atoms with Crippen molar-refractivity contribution in [3.05, 3.63) is 80.7 Å². The molecule has 2 N–H and O–H groups in total. The van der Waals surface area contributed by atoms with Crippen molar-refractivity contribution >= 4 is 29.7 Å². The van der Waals surface area contributed by atoms with Crippen LogP contribution in [0.1, 0.15) is 35.0 Å². The van der Waals surface area contributed by atoms with E-state index in [2.05, 4.69) is 20.5 Å². The summed E-state index contributed by atoms with van der Waals surface area (Å²) in [4.78, 5) is 30.9. The number of aryl methyl sites for hydroxylation is 1. The van der Waals surface area contributed by atoms with E-state index in [4.69, 9.17) is 21.1 Å². The van der Waals surface area contributed by atoms with Gasteiger partial charge in [0.2, 0.25) is 5.95 Å². The Morgan fingerprint density at radius 3 is 2.68 bits per heavy atom. The molecule has 0 bridgehead atoms. The lowest BCUT2D eigenvalue weighted by molar-refractivity contribution is 0.0729. The predicted octanol–water partition coefficient (Wildman–Crippen LogP) is 4.05. The Morgan fingerprint density at radius 2 is 1.97 bits per heavy atom. The Morgan fingerprint density at radius 1 is 1.19 bits per heavy atom. The highest BCUT2D eigenvalue weighted by Gasteiger charge is 2.13. The molecule has 1 heterocycles. The molecule has 0 spiro atoms. The maximum atomic E-state index is 12.3. The molecule has 0 saturated carbocycles. The first-order chi connectivity index (χ1) is 15.0. The molecular formula is C22H21ClN4O4. The number of carbonyl (C=O) groups is 1. The molecule has 0 aliphatic carbocycles. The molecule has 9 heteroatoms. The monoisotopic (exact) mass is 440 g/mol. The average Bonchev–Trinajstić information content (AvgIpc) is 2.75. The van der Waals surface area contributed by atoms with Gasteiger partial charge in [0.15, 0.2) is 11.5 Å². The van der Waals surface area contributed by atoms with Crippen molar-refractivity contribution in [2.75, 3.05) is 12.5 Å². The summed E-state index contributed by atoms with van der Waals surface area (Å²) >= 11 is 5.84. The summed E-state index contributed by atoms with van der Waals surface area (Å²) in [5.74, 6) is 0.362. The van der Waals surface area contributed by atoms with Crippen LogP contribution in [-0.4, -0.2) is 29.3 Å². The number of hydrazone groups is 1. The van der Waals surface area contributed by atoms with Crippen molar-refractivity contribution in [3.63, 3.8) is 0 Å². The van der Waals surface area contributed by atoms with Crippen LogP contribution in [0.25, 0.3) is 0 Å². The van der Waals surface area contributed by atoms with Crippen molar-refractivity contribution in [2.24, 2.45) is 5.10 Å². The molecule has 8 nitrogen and oxygen atoms in total. The van der Waals surface area contributed by atoms with Crippen molar-refractivity contribution in [1.29, 1.82) is 0 Å². The Bertz CT molecular complexity index is 1140. The molecule has 0 aliphatic heterocycles. The molecule has 0 saturated heterocycles. The number of H-pyrrole nitrogens is 1. The number of nitrogens with zero attached hydrogens (tertiary/aromatic N) is 2. The number of aromatic nitrogens is 2. The Hall–Kier alpha value is -3.65. The maximum Gasteiger partial charge on any atom is 0.343 e. The van der Waals surface area contributed by atoms with Crippen LogP contribution >= 0.6 is 11.6 Å². The van der Waals surface area contributed by atoms with E-state index >= 15 is 0 Å². The number of hydrogen-bond donors (Lipinski definition) is 2. The molecule has 3 rings (SSSR count). The van der Waals surface area contributed by atoms with E-state index in [1.165, 1.54) is 19.4 Å². The number of halogens is 1. The quantitative estimate of drug-likeness (QED) is 0.237. The van der Waals surface area contributed by atoms with Gasteiger partial charge < -0.3 is 9.47 Å². The average molecular weight is 441 g/mol. The number of nitrogens with one attached hydrogen (secondary N) is 2. The second-order valence-corrected chi connectivity index (χ2v) is 6.95. The van der Waals surface area contributed by atoms with E-state index in [1.54, 1.807) is 42.5 Å². The van der Waals surface area contributed by atoms with Gasteiger partial charge >= 0.3 is 5.97 Å². The van der Waals surface area contributed by atoms with E-state index in [0.717, 1.165) is 6.42 Å². The molecular weight excluding hydrogens is 420 g/mol. The van der Waals surface area contributed by atoms with E-state index in [-0.39, 0.29) is 17.3 Å². The van der Waals surface area contributed by atoms with Gasteiger partial charge in [0, 0.05) is 16.8 Å². The molecule has 0 atom stereocenters. The van der Waals surface area contributed by atoms with E-state index in [0.29, 0.717) is 34.0 Å². The minimum absolute atomic E-state index is 0.246. The molecule has 31 heavy (non-hydrogen) atoms. The van der Waals surface area contributed by atoms with Crippen LogP contribution in [-0.2, 0) is 6.42 Å². The van der Waals surface area contributed by atoms with Crippen LogP contribution in [0.5, 0.6) is 11.5 Å². The largest absolute Gasteiger partial charge is 0.493 e. The second kappa shape index (κ2) is 10.4. The lowest BCUT2D eigenvalue weighted by Crippen LogP contribution is -2.12. The molecule has 0 radical (unpaired) electrons. The first kappa shape index (κ1) is 22.0. The fourth-order valence-corrected chi connectivity index (χ4v) is 2.83. The highest BCUT2D eigenvalue weighted by atomic mass is 35.5. The first-order valence-corrected chi connectivity index (χ1v) is 9.91. The number of hydrogen-bond acceptors (Lipinski definition) is 7. The normalized spacial score (nSPS) is 10.8. The second-order valence-electron chi connectivity index (χ2n) is 6.51. The standard InChI is InChI=1S/C22H21ClN4O4/c1-3-4-17-12-20(28)26-22(25-17)27-24-13-14-5-10-18(19(11-14)30-2)31-21(29)15-6-8-16(23)9-7-15/h5-13H,3-4H2,1-2H3,(H2,25,26,27,28)/b24-13-. The molecule has 3 aromatic rings. The number of rotatable bonds is 8. The first-order valence-electron chi connectivity index (χ1n) is 9.53. The van der Waals surface area contributed by atoms with Gasteiger partial charge in [0.1, 0.15) is 0 Å². The SMILES string of the molecule is CCCc1cc(=O)[nH]c(N/N=C\c2ccc(OC(=O)c3ccc(Cl)cc3)c(OC)c2)n1. The number of methoxy groups -OCH3 is 1. The van der Waals surface area contributed by atoms with Crippen LogP contribution in [0, 0.1) is 0 Å². The van der Waals surface area contributed by atoms with Gasteiger partial charge in [-0.3, -0.25) is 9.78 Å². The van der Waals surface area contributed by atoms with Crippen LogP contribution in [0.3, 0.4) is 0 Å². The number of ether oxygens (including phenoxy) is 2. The summed E-state index contributed by atoms with van der Waals surface area (Å²) in [5.41, 5.74) is 4.21. The fourth-order valence-electron chi connectivity index (χ4n) is 2.71. The highest BCUT2D eigenvalue weighted by molar-refractivity contribution is 6.30. The number of benzene rings is 2. The third-order valence-corrected chi connectivity index (χ3v) is 4.41. The Kier molecular flexibility index (Phi) is 7.40. The Balaban J connectivity index is 1.70. The minimum Gasteiger partial charge on any atom is -0.493 e. The van der Waals surface area contributed by atoms with Gasteiger partial charge in [-0.25, -0.2) is 15.2 Å². The van der Waals surface area contributed by atoms with Crippen LogP contribution in [0.4, 0.5) is 5.95 Å². The summed E-state index contributed by atoms with van der Waals surface area (Å²) in [7, 11) is 1.47. The minimum atomic E-state index is -0.528. The summed E-state index contributed by atoms with van der Waals surface area (Å²) in [6.45, 7) is 2.01. The fraction of sp³-hybridized carbons (Fsp3) is 0.182. The third-order valence-electron chi connectivity index (χ3n) is 4.16. The molecule has 160 valence electrons. The number of esters is 1. The van der Waals surface area contributed by atoms with Crippen LogP contribution < -0.4 is 20.5 Å². The van der Waals surface area contributed by atoms with E-state index in [9.17, 15) is 9.59 Å². The highest BCUT2D eigenvalue weighted by Crippen LogP contribution is 2.28. The molecule has 0 unspecified atom stereocenters. The summed E-state index contributed by atoms with van der Waals surface area (Å²) < 4.78 is 10.7. The number of anilines is 1. The van der Waals surface area contributed by atoms with Crippen LogP contribution in [0.15, 0.2) is 58.4 Å². The summed E-state index contributed by atoms with van der Waals surface area (Å²) in [6.07, 6.45) is 3.11. The third kappa shape index (κ3) is 6.16. The van der Waals surface area contributed by atoms with Gasteiger partial charge in [-0.1, -0.05) is 24.9 Å². The van der Waals surface area contributed by atoms with Crippen molar-refractivity contribution in [2.45, 2.75) is 19.8 Å². The zero-order valence-electron chi connectivity index (χ0n) is 17.0. The van der Waals surface area contributed by atoms with Gasteiger partial charge in [-0.15, -0.1) is 0 Å². The van der Waals surface area contributed by atoms with Gasteiger partial charge in [0.25, 0.3) is 5.56 Å². The molecule has 2 aromatic carbocycles. The smallest absolute Gasteiger partial charge is 0.343 e. The number of carbonyl (C=O) groups excluding carboxylic acids is 1. The topological polar surface area (TPSA) is 106 Å². The van der Waals surface area contributed by atoms with Crippen molar-refractivity contribution in [3.8, 4) is 11.5 Å². The predicted molar refractivity (Wildman–Crippen MR) is 119 cm³/mol. The summed E-state index contributed by atoms with van der Waals surface area (Å²) in [5, 5.41) is 4.62. The number of aromatic amines is 1. The Labute approximate surface area is 183 Å². The zero-order valence-corrected chi connectivity index (χ0v) is 17.8. The lowest BCUT2D eigenvalue weighted by atomic mass is 10.2. The summed E-state index contributed by atoms with van der Waals surface area (Å²) in [6, 6.07) is 12.8. The lowest BCUT2D eigenvalue weighted by Gasteiger charge is -2.10. The van der Waals surface area contributed by atoms with Gasteiger partial charge in [-0.2, -0.15) is 5.10 Å². The van der Waals surface area contributed by atoms with E-state index < -0.39 is 5.97 Å². The molecule has 0 aliphatic rings. The van der Waals surface area contributed by atoms with Crippen LogP contribution in [0.2, 0.25) is 5.02 Å². The van der Waals surface area contributed by atoms with Crippen molar-refractivity contribution in [1.82, 2.24) is 9.97 Å². The van der Waals surface area contributed by atoms with Gasteiger partial charge in [-0.05, 0) is 54.4 Å². The molecule has 1 aromatic heterocycles.